The monoisotopic (exact) mass is 250 g/mol. The molecular formula is C12H22N6. The summed E-state index contributed by atoms with van der Waals surface area (Å²) in [4.78, 5) is 6.17. The van der Waals surface area contributed by atoms with Gasteiger partial charge in [-0.2, -0.15) is 5.26 Å². The molecule has 2 atom stereocenters. The molecule has 6 heteroatoms. The summed E-state index contributed by atoms with van der Waals surface area (Å²) in [6.45, 7) is 7.92. The van der Waals surface area contributed by atoms with E-state index in [0.717, 1.165) is 18.7 Å². The second-order valence-corrected chi connectivity index (χ2v) is 6.44. The van der Waals surface area contributed by atoms with Crippen LogP contribution in [0.3, 0.4) is 0 Å². The molecule has 1 saturated carbocycles. The average molecular weight is 250 g/mol. The first-order valence-corrected chi connectivity index (χ1v) is 6.30. The van der Waals surface area contributed by atoms with Gasteiger partial charge in [0, 0.05) is 11.3 Å². The zero-order chi connectivity index (χ0) is 13.7. The van der Waals surface area contributed by atoms with Gasteiger partial charge in [-0.3, -0.25) is 10.7 Å². The van der Waals surface area contributed by atoms with Crippen molar-refractivity contribution in [3.63, 3.8) is 0 Å². The van der Waals surface area contributed by atoms with Crippen molar-refractivity contribution in [2.24, 2.45) is 27.9 Å². The number of nitriles is 1. The first-order valence-electron chi connectivity index (χ1n) is 6.30. The van der Waals surface area contributed by atoms with Gasteiger partial charge < -0.3 is 0 Å². The van der Waals surface area contributed by atoms with E-state index in [1.165, 1.54) is 9.91 Å². The summed E-state index contributed by atoms with van der Waals surface area (Å²) in [6, 6.07) is 0. The molecule has 1 heterocycles. The van der Waals surface area contributed by atoms with Crippen LogP contribution in [-0.2, 0) is 0 Å². The highest BCUT2D eigenvalue weighted by Crippen LogP contribution is 2.39. The fourth-order valence-electron chi connectivity index (χ4n) is 2.22. The maximum Gasteiger partial charge on any atom is 0.188 e. The van der Waals surface area contributed by atoms with Crippen molar-refractivity contribution in [3.05, 3.63) is 0 Å². The van der Waals surface area contributed by atoms with Crippen molar-refractivity contribution >= 4 is 5.84 Å². The van der Waals surface area contributed by atoms with Crippen LogP contribution in [0.5, 0.6) is 0 Å². The van der Waals surface area contributed by atoms with E-state index < -0.39 is 5.79 Å². The van der Waals surface area contributed by atoms with Crippen LogP contribution in [0.4, 0.5) is 0 Å². The van der Waals surface area contributed by atoms with Gasteiger partial charge in [0.1, 0.15) is 12.0 Å². The van der Waals surface area contributed by atoms with E-state index in [0.29, 0.717) is 5.92 Å². The van der Waals surface area contributed by atoms with Crippen molar-refractivity contribution in [2.75, 3.05) is 0 Å². The van der Waals surface area contributed by atoms with Gasteiger partial charge in [-0.15, -0.1) is 0 Å². The Bertz CT molecular complexity index is 409. The van der Waals surface area contributed by atoms with Crippen molar-refractivity contribution < 1.29 is 0 Å². The van der Waals surface area contributed by atoms with E-state index in [2.05, 4.69) is 32.0 Å². The maximum atomic E-state index is 9.36. The Morgan fingerprint density at radius 2 is 2.00 bits per heavy atom. The molecule has 1 aliphatic carbocycles. The molecule has 2 unspecified atom stereocenters. The summed E-state index contributed by atoms with van der Waals surface area (Å²) >= 11 is 0. The summed E-state index contributed by atoms with van der Waals surface area (Å²) in [5.74, 6) is 6.28. The highest BCUT2D eigenvalue weighted by Gasteiger charge is 2.49. The predicted molar refractivity (Wildman–Crippen MR) is 69.5 cm³/mol. The van der Waals surface area contributed by atoms with Gasteiger partial charge in [-0.1, -0.05) is 20.8 Å². The van der Waals surface area contributed by atoms with Crippen LogP contribution >= 0.6 is 0 Å². The van der Waals surface area contributed by atoms with Gasteiger partial charge in [-0.25, -0.2) is 15.7 Å². The predicted octanol–water partition coefficient (Wildman–Crippen LogP) is 0.772. The lowest BCUT2D eigenvalue weighted by Gasteiger charge is -2.51. The minimum atomic E-state index is -1.02. The van der Waals surface area contributed by atoms with Crippen LogP contribution in [0.25, 0.3) is 0 Å². The molecule has 6 nitrogen and oxygen atoms in total. The fraction of sp³-hybridized carbons (Fsp3) is 0.833. The number of hydrogen-bond donors (Lipinski definition) is 2. The lowest BCUT2D eigenvalue weighted by Crippen LogP contribution is -2.73. The number of hydrogen-bond acceptors (Lipinski definition) is 6. The van der Waals surface area contributed by atoms with Crippen LogP contribution in [0, 0.1) is 22.8 Å². The largest absolute Gasteiger partial charge is 0.290 e. The Kier molecular flexibility index (Phi) is 2.80. The smallest absolute Gasteiger partial charge is 0.188 e. The van der Waals surface area contributed by atoms with E-state index in [4.69, 9.17) is 11.6 Å². The molecule has 2 rings (SSSR count). The second kappa shape index (κ2) is 3.84. The third kappa shape index (κ3) is 1.93. The number of rotatable bonds is 1. The summed E-state index contributed by atoms with van der Waals surface area (Å²) in [5.41, 5.74) is 6.07. The highest BCUT2D eigenvalue weighted by molar-refractivity contribution is 5.87. The molecule has 0 bridgehead atoms. The Morgan fingerprint density at radius 1 is 1.44 bits per heavy atom. The third-order valence-corrected chi connectivity index (χ3v) is 3.55. The highest BCUT2D eigenvalue weighted by atomic mass is 15.6. The summed E-state index contributed by atoms with van der Waals surface area (Å²) in [7, 11) is 0. The SMILES string of the molecule is CC(C)(C)C1N=C(C2CC2)N(N)C(C)(N)N1C#N. The molecule has 0 amide bonds. The Hall–Kier alpha value is -1.32. The van der Waals surface area contributed by atoms with Crippen LogP contribution in [0.15, 0.2) is 4.99 Å². The van der Waals surface area contributed by atoms with Crippen molar-refractivity contribution in [3.8, 4) is 6.19 Å². The molecule has 0 aromatic rings. The van der Waals surface area contributed by atoms with Crippen molar-refractivity contribution in [1.29, 1.82) is 5.26 Å². The van der Waals surface area contributed by atoms with Crippen LogP contribution in [-0.4, -0.2) is 27.7 Å². The van der Waals surface area contributed by atoms with Crippen LogP contribution in [0.2, 0.25) is 0 Å². The van der Waals surface area contributed by atoms with Gasteiger partial charge in [0.15, 0.2) is 12.0 Å². The van der Waals surface area contributed by atoms with Crippen molar-refractivity contribution in [1.82, 2.24) is 9.91 Å². The quantitative estimate of drug-likeness (QED) is 0.529. The molecular weight excluding hydrogens is 228 g/mol. The maximum absolute atomic E-state index is 9.36. The lowest BCUT2D eigenvalue weighted by molar-refractivity contribution is -0.0346. The molecule has 100 valence electrons. The summed E-state index contributed by atoms with van der Waals surface area (Å²) < 4.78 is 0. The lowest BCUT2D eigenvalue weighted by atomic mass is 9.90. The van der Waals surface area contributed by atoms with Crippen molar-refractivity contribution in [2.45, 2.75) is 52.5 Å². The molecule has 4 N–H and O–H groups in total. The molecule has 0 aromatic carbocycles. The van der Waals surface area contributed by atoms with Gasteiger partial charge in [0.25, 0.3) is 0 Å². The number of nitrogens with two attached hydrogens (primary N) is 2. The average Bonchev–Trinajstić information content (AvgIpc) is 3.03. The Labute approximate surface area is 108 Å². The van der Waals surface area contributed by atoms with E-state index in [1.54, 1.807) is 6.92 Å². The minimum absolute atomic E-state index is 0.169. The molecule has 2 aliphatic rings. The molecule has 1 aliphatic heterocycles. The first kappa shape index (κ1) is 13.1. The molecule has 18 heavy (non-hydrogen) atoms. The van der Waals surface area contributed by atoms with E-state index in [-0.39, 0.29) is 11.6 Å². The topological polar surface area (TPSA) is 94.7 Å². The zero-order valence-electron chi connectivity index (χ0n) is 11.5. The van der Waals surface area contributed by atoms with Crippen LogP contribution < -0.4 is 11.6 Å². The van der Waals surface area contributed by atoms with Gasteiger partial charge in [-0.05, 0) is 19.8 Å². The summed E-state index contributed by atoms with van der Waals surface area (Å²) in [6.07, 6.45) is 4.08. The normalized spacial score (nSPS) is 33.2. The van der Waals surface area contributed by atoms with Gasteiger partial charge in [0.2, 0.25) is 0 Å². The Balaban J connectivity index is 2.46. The first-order chi connectivity index (χ1) is 8.19. The Morgan fingerprint density at radius 3 is 2.39 bits per heavy atom. The van der Waals surface area contributed by atoms with Crippen LogP contribution in [0.1, 0.15) is 40.5 Å². The van der Waals surface area contributed by atoms with E-state index >= 15 is 0 Å². The summed E-state index contributed by atoms with van der Waals surface area (Å²) in [5, 5.41) is 10.8. The number of nitrogens with zero attached hydrogens (tertiary/aromatic N) is 4. The fourth-order valence-corrected chi connectivity index (χ4v) is 2.22. The molecule has 0 saturated heterocycles. The minimum Gasteiger partial charge on any atom is -0.290 e. The number of hydrazine groups is 1. The second-order valence-electron chi connectivity index (χ2n) is 6.44. The molecule has 0 aromatic heterocycles. The third-order valence-electron chi connectivity index (χ3n) is 3.55. The van der Waals surface area contributed by atoms with Gasteiger partial charge in [0.05, 0.1) is 0 Å². The number of aliphatic imine (C=N–C) groups is 1. The molecule has 0 radical (unpaired) electrons. The number of amidine groups is 1. The standard InChI is InChI=1S/C12H22N6/c1-11(2,3)10-16-9(8-5-6-8)18(15)12(4,14)17(10)7-13/h8,10H,5-6,14-15H2,1-4H3. The molecule has 1 fully saturated rings. The van der Waals surface area contributed by atoms with Gasteiger partial charge >= 0.3 is 0 Å². The van der Waals surface area contributed by atoms with E-state index in [9.17, 15) is 5.26 Å². The van der Waals surface area contributed by atoms with E-state index in [1.807, 2.05) is 0 Å². The zero-order valence-corrected chi connectivity index (χ0v) is 11.5. The molecule has 0 spiro atoms.